The summed E-state index contributed by atoms with van der Waals surface area (Å²) in [5.74, 6) is 0.384. The number of amides is 1. The zero-order valence-electron chi connectivity index (χ0n) is 16.1. The summed E-state index contributed by atoms with van der Waals surface area (Å²) in [5, 5.41) is 0.502. The van der Waals surface area contributed by atoms with E-state index in [0.29, 0.717) is 29.2 Å². The number of nitrogens with zero attached hydrogens (tertiary/aromatic N) is 3. The van der Waals surface area contributed by atoms with E-state index in [9.17, 15) is 9.59 Å². The lowest BCUT2D eigenvalue weighted by atomic mass is 10.2. The number of carbonyl (C=O) groups is 1. The van der Waals surface area contributed by atoms with Gasteiger partial charge in [0.1, 0.15) is 5.75 Å². The van der Waals surface area contributed by atoms with Crippen molar-refractivity contribution in [1.82, 2.24) is 9.47 Å². The molecule has 7 nitrogen and oxygen atoms in total. The summed E-state index contributed by atoms with van der Waals surface area (Å²) in [6, 6.07) is 12.9. The lowest BCUT2D eigenvalue weighted by molar-refractivity contribution is -0.131. The van der Waals surface area contributed by atoms with Gasteiger partial charge in [-0.2, -0.15) is 0 Å². The maximum Gasteiger partial charge on any atom is 0.419 e. The number of piperazine rings is 1. The van der Waals surface area contributed by atoms with Crippen LogP contribution in [0.5, 0.6) is 5.75 Å². The van der Waals surface area contributed by atoms with Gasteiger partial charge in [-0.3, -0.25) is 9.36 Å². The molecule has 0 unspecified atom stereocenters. The molecule has 8 heteroatoms. The van der Waals surface area contributed by atoms with Crippen LogP contribution in [0.15, 0.2) is 51.7 Å². The van der Waals surface area contributed by atoms with Crippen LogP contribution in [0.3, 0.4) is 0 Å². The average molecular weight is 416 g/mol. The predicted octanol–water partition coefficient (Wildman–Crippen LogP) is 3.00. The Bertz CT molecular complexity index is 1080. The Kier molecular flexibility index (Phi) is 5.49. The molecule has 0 N–H and O–H groups in total. The molecule has 1 amide bonds. The molecule has 1 saturated heterocycles. The summed E-state index contributed by atoms with van der Waals surface area (Å²) in [6.45, 7) is 3.01. The molecule has 0 aliphatic carbocycles. The van der Waals surface area contributed by atoms with Gasteiger partial charge in [-0.15, -0.1) is 0 Å². The molecule has 2 aromatic carbocycles. The normalized spacial score (nSPS) is 14.4. The number of carbonyl (C=O) groups excluding carboxylic acids is 1. The van der Waals surface area contributed by atoms with E-state index in [1.165, 1.54) is 4.57 Å². The van der Waals surface area contributed by atoms with Gasteiger partial charge in [0.15, 0.2) is 5.58 Å². The Labute approximate surface area is 173 Å². The topological polar surface area (TPSA) is 67.9 Å². The number of ether oxygens (including phenoxy) is 1. The summed E-state index contributed by atoms with van der Waals surface area (Å²) in [5.41, 5.74) is 2.12. The number of fused-ring (bicyclic) bond motifs is 1. The van der Waals surface area contributed by atoms with Crippen molar-refractivity contribution in [2.45, 2.75) is 13.0 Å². The lowest BCUT2D eigenvalue weighted by Gasteiger charge is -2.36. The molecule has 0 saturated carbocycles. The number of aromatic nitrogens is 1. The highest BCUT2D eigenvalue weighted by atomic mass is 35.5. The van der Waals surface area contributed by atoms with Crippen LogP contribution >= 0.6 is 11.6 Å². The molecule has 0 radical (unpaired) electrons. The summed E-state index contributed by atoms with van der Waals surface area (Å²) in [4.78, 5) is 28.9. The fourth-order valence-corrected chi connectivity index (χ4v) is 3.87. The molecule has 29 heavy (non-hydrogen) atoms. The van der Waals surface area contributed by atoms with Crippen molar-refractivity contribution < 1.29 is 13.9 Å². The van der Waals surface area contributed by atoms with Crippen LogP contribution in [0.1, 0.15) is 6.42 Å². The largest absolute Gasteiger partial charge is 0.495 e. The summed E-state index contributed by atoms with van der Waals surface area (Å²) in [6.07, 6.45) is 0.242. The molecule has 1 fully saturated rings. The molecule has 3 aromatic rings. The Balaban J connectivity index is 1.37. The lowest BCUT2D eigenvalue weighted by Crippen LogP contribution is -2.49. The van der Waals surface area contributed by atoms with Crippen LogP contribution in [-0.2, 0) is 11.3 Å². The highest BCUT2D eigenvalue weighted by Crippen LogP contribution is 2.28. The van der Waals surface area contributed by atoms with Crippen LogP contribution in [0.2, 0.25) is 5.02 Å². The van der Waals surface area contributed by atoms with Gasteiger partial charge in [-0.1, -0.05) is 23.7 Å². The van der Waals surface area contributed by atoms with E-state index < -0.39 is 5.76 Å². The molecule has 0 spiro atoms. The number of para-hydroxylation sites is 2. The average Bonchev–Trinajstić information content (AvgIpc) is 3.06. The van der Waals surface area contributed by atoms with Crippen molar-refractivity contribution in [2.75, 3.05) is 38.2 Å². The van der Waals surface area contributed by atoms with Crippen LogP contribution in [-0.4, -0.2) is 48.7 Å². The smallest absolute Gasteiger partial charge is 0.419 e. The second-order valence-electron chi connectivity index (χ2n) is 6.92. The predicted molar refractivity (Wildman–Crippen MR) is 112 cm³/mol. The van der Waals surface area contributed by atoms with Crippen molar-refractivity contribution in [3.8, 4) is 5.75 Å². The molecule has 0 atom stereocenters. The summed E-state index contributed by atoms with van der Waals surface area (Å²) in [7, 11) is 1.66. The highest BCUT2D eigenvalue weighted by molar-refractivity contribution is 6.31. The third kappa shape index (κ3) is 3.96. The minimum atomic E-state index is -0.476. The molecular formula is C21H22ClN3O4. The van der Waals surface area contributed by atoms with E-state index in [4.69, 9.17) is 20.8 Å². The summed E-state index contributed by atoms with van der Waals surface area (Å²) < 4.78 is 12.1. The first kappa shape index (κ1) is 19.4. The first-order valence-corrected chi connectivity index (χ1v) is 9.89. The molecule has 1 aliphatic heterocycles. The number of halogens is 1. The van der Waals surface area contributed by atoms with Crippen LogP contribution in [0, 0.1) is 0 Å². The van der Waals surface area contributed by atoms with Crippen molar-refractivity contribution in [3.05, 3.63) is 58.0 Å². The fourth-order valence-electron chi connectivity index (χ4n) is 3.71. The first-order valence-electron chi connectivity index (χ1n) is 9.51. The minimum absolute atomic E-state index is 0.0277. The number of oxazole rings is 1. The molecule has 4 rings (SSSR count). The van der Waals surface area contributed by atoms with Gasteiger partial charge in [-0.05, 0) is 24.3 Å². The van der Waals surface area contributed by atoms with Crippen LogP contribution in [0.25, 0.3) is 11.1 Å². The maximum absolute atomic E-state index is 12.7. The second kappa shape index (κ2) is 8.21. The molecule has 2 heterocycles. The van der Waals surface area contributed by atoms with Gasteiger partial charge in [0.05, 0.1) is 18.3 Å². The van der Waals surface area contributed by atoms with Gasteiger partial charge in [0, 0.05) is 50.2 Å². The fraction of sp³-hybridized carbons (Fsp3) is 0.333. The van der Waals surface area contributed by atoms with Gasteiger partial charge in [0.2, 0.25) is 5.91 Å². The van der Waals surface area contributed by atoms with Crippen molar-refractivity contribution >= 4 is 34.3 Å². The Morgan fingerprint density at radius 1 is 1.14 bits per heavy atom. The van der Waals surface area contributed by atoms with Gasteiger partial charge < -0.3 is 19.0 Å². The quantitative estimate of drug-likeness (QED) is 0.640. The van der Waals surface area contributed by atoms with Crippen LogP contribution in [0.4, 0.5) is 5.69 Å². The molecule has 1 aliphatic rings. The Morgan fingerprint density at radius 2 is 1.90 bits per heavy atom. The first-order chi connectivity index (χ1) is 14.1. The number of rotatable bonds is 5. The standard InChI is InChI=1S/C21H22ClN3O4/c1-28-18-5-3-2-4-16(18)23-10-12-24(13-11-23)20(26)8-9-25-17-7-6-15(22)14-19(17)29-21(25)27/h2-7,14H,8-13H2,1H3. The number of methoxy groups -OCH3 is 1. The molecule has 1 aromatic heterocycles. The number of hydrogen-bond donors (Lipinski definition) is 0. The van der Waals surface area contributed by atoms with E-state index in [1.807, 2.05) is 29.2 Å². The van der Waals surface area contributed by atoms with Gasteiger partial charge >= 0.3 is 5.76 Å². The second-order valence-corrected chi connectivity index (χ2v) is 7.36. The Morgan fingerprint density at radius 3 is 2.66 bits per heavy atom. The summed E-state index contributed by atoms with van der Waals surface area (Å²) >= 11 is 5.94. The zero-order chi connectivity index (χ0) is 20.4. The minimum Gasteiger partial charge on any atom is -0.495 e. The number of hydrogen-bond acceptors (Lipinski definition) is 5. The molecule has 0 bridgehead atoms. The van der Waals surface area contributed by atoms with Crippen molar-refractivity contribution in [2.24, 2.45) is 0 Å². The molecule has 152 valence electrons. The highest BCUT2D eigenvalue weighted by Gasteiger charge is 2.23. The number of benzene rings is 2. The third-order valence-electron chi connectivity index (χ3n) is 5.24. The van der Waals surface area contributed by atoms with E-state index in [0.717, 1.165) is 24.5 Å². The zero-order valence-corrected chi connectivity index (χ0v) is 16.9. The van der Waals surface area contributed by atoms with Gasteiger partial charge in [0.25, 0.3) is 0 Å². The van der Waals surface area contributed by atoms with E-state index in [-0.39, 0.29) is 18.9 Å². The van der Waals surface area contributed by atoms with E-state index >= 15 is 0 Å². The van der Waals surface area contributed by atoms with Crippen molar-refractivity contribution in [1.29, 1.82) is 0 Å². The van der Waals surface area contributed by atoms with E-state index in [2.05, 4.69) is 4.90 Å². The molecular weight excluding hydrogens is 394 g/mol. The Hall–Kier alpha value is -2.93. The number of aryl methyl sites for hydroxylation is 1. The third-order valence-corrected chi connectivity index (χ3v) is 5.47. The van der Waals surface area contributed by atoms with Crippen LogP contribution < -0.4 is 15.4 Å². The maximum atomic E-state index is 12.7. The van der Waals surface area contributed by atoms with E-state index in [1.54, 1.807) is 25.3 Å². The SMILES string of the molecule is COc1ccccc1N1CCN(C(=O)CCn2c(=O)oc3cc(Cl)ccc32)CC1. The number of anilines is 1. The van der Waals surface area contributed by atoms with Gasteiger partial charge in [-0.25, -0.2) is 4.79 Å². The monoisotopic (exact) mass is 415 g/mol. The van der Waals surface area contributed by atoms with Crippen molar-refractivity contribution in [3.63, 3.8) is 0 Å².